The van der Waals surface area contributed by atoms with E-state index in [0.717, 1.165) is 0 Å². The topological polar surface area (TPSA) is 52.6 Å². The van der Waals surface area contributed by atoms with Gasteiger partial charge in [-0.05, 0) is 17.7 Å². The molecule has 88 valence electrons. The first-order chi connectivity index (χ1) is 7.51. The van der Waals surface area contributed by atoms with Gasteiger partial charge in [0.2, 0.25) is 5.52 Å². The summed E-state index contributed by atoms with van der Waals surface area (Å²) in [5.74, 6) is 0. The molecule has 1 rings (SSSR count). The molecule has 6 heteroatoms. The van der Waals surface area contributed by atoms with Crippen LogP contribution in [0.3, 0.4) is 0 Å². The second-order valence-corrected chi connectivity index (χ2v) is 5.72. The minimum absolute atomic E-state index is 0.0283. The van der Waals surface area contributed by atoms with Crippen LogP contribution in [-0.2, 0) is 24.8 Å². The van der Waals surface area contributed by atoms with Gasteiger partial charge in [-0.15, -0.1) is 0 Å². The van der Waals surface area contributed by atoms with Crippen molar-refractivity contribution in [2.24, 2.45) is 0 Å². The molecule has 0 spiro atoms. The molecule has 0 aliphatic heterocycles. The molecule has 1 aromatic carbocycles. The molecule has 0 N–H and O–H groups in total. The molecule has 0 amide bonds. The molecule has 16 heavy (non-hydrogen) atoms. The lowest BCUT2D eigenvalue weighted by Crippen LogP contribution is -2.06. The largest absolute Gasteiger partial charge is 0.396 e. The Balaban J connectivity index is 2.83. The van der Waals surface area contributed by atoms with Gasteiger partial charge >= 0.3 is 7.60 Å². The van der Waals surface area contributed by atoms with Gasteiger partial charge in [-0.1, -0.05) is 23.7 Å². The summed E-state index contributed by atoms with van der Waals surface area (Å²) in [6.07, 6.45) is -0.0283. The Morgan fingerprint density at radius 1 is 1.38 bits per heavy atom. The third-order valence-corrected chi connectivity index (χ3v) is 4.00. The van der Waals surface area contributed by atoms with Crippen LogP contribution in [0.15, 0.2) is 24.3 Å². The molecule has 0 radical (unpaired) electrons. The van der Waals surface area contributed by atoms with Crippen molar-refractivity contribution < 1.29 is 18.4 Å². The zero-order valence-electron chi connectivity index (χ0n) is 8.97. The van der Waals surface area contributed by atoms with Crippen molar-refractivity contribution in [2.45, 2.75) is 6.42 Å². The number of halogens is 1. The lowest BCUT2D eigenvalue weighted by molar-refractivity contribution is -0.113. The molecule has 0 bridgehead atoms. The molecule has 0 saturated carbocycles. The van der Waals surface area contributed by atoms with Gasteiger partial charge in [-0.3, -0.25) is 9.36 Å². The zero-order valence-corrected chi connectivity index (χ0v) is 10.6. The molecule has 0 heterocycles. The number of rotatable bonds is 5. The summed E-state index contributed by atoms with van der Waals surface area (Å²) in [4.78, 5) is 11.7. The lowest BCUT2D eigenvalue weighted by atomic mass is 10.2. The van der Waals surface area contributed by atoms with Gasteiger partial charge in [0.05, 0.1) is 0 Å². The van der Waals surface area contributed by atoms with E-state index in [9.17, 15) is 9.36 Å². The van der Waals surface area contributed by atoms with E-state index in [-0.39, 0.29) is 6.42 Å². The average Bonchev–Trinajstić information content (AvgIpc) is 2.28. The van der Waals surface area contributed by atoms with Gasteiger partial charge < -0.3 is 9.05 Å². The molecule has 0 aliphatic carbocycles. The van der Waals surface area contributed by atoms with Crippen molar-refractivity contribution in [1.29, 1.82) is 0 Å². The number of carbonyl (C=O) groups excluding carboxylic acids is 1. The van der Waals surface area contributed by atoms with Crippen LogP contribution in [0, 0.1) is 0 Å². The van der Waals surface area contributed by atoms with E-state index in [1.165, 1.54) is 14.2 Å². The van der Waals surface area contributed by atoms with E-state index in [1.54, 1.807) is 24.3 Å². The highest BCUT2D eigenvalue weighted by Crippen LogP contribution is 2.48. The predicted octanol–water partition coefficient (Wildman–Crippen LogP) is 2.90. The van der Waals surface area contributed by atoms with Crippen LogP contribution in [0.25, 0.3) is 0 Å². The summed E-state index contributed by atoms with van der Waals surface area (Å²) in [5.41, 5.74) is 0.0894. The van der Waals surface area contributed by atoms with Gasteiger partial charge in [-0.25, -0.2) is 0 Å². The minimum atomic E-state index is -3.63. The third-order valence-electron chi connectivity index (χ3n) is 2.03. The van der Waals surface area contributed by atoms with E-state index < -0.39 is 13.1 Å². The second kappa shape index (κ2) is 5.60. The average molecular weight is 263 g/mol. The van der Waals surface area contributed by atoms with Crippen molar-refractivity contribution in [3.05, 3.63) is 34.9 Å². The Kier molecular flexibility index (Phi) is 4.69. The monoisotopic (exact) mass is 262 g/mol. The van der Waals surface area contributed by atoms with E-state index >= 15 is 0 Å². The lowest BCUT2D eigenvalue weighted by Gasteiger charge is -2.11. The van der Waals surface area contributed by atoms with Crippen LogP contribution in [-0.4, -0.2) is 19.7 Å². The maximum absolute atomic E-state index is 11.7. The Morgan fingerprint density at radius 2 is 2.00 bits per heavy atom. The van der Waals surface area contributed by atoms with E-state index in [2.05, 4.69) is 9.05 Å². The fraction of sp³-hybridized carbons (Fsp3) is 0.300. The first-order valence-corrected chi connectivity index (χ1v) is 6.43. The first kappa shape index (κ1) is 13.4. The van der Waals surface area contributed by atoms with Crippen LogP contribution in [0.1, 0.15) is 5.56 Å². The maximum atomic E-state index is 11.7. The van der Waals surface area contributed by atoms with Gasteiger partial charge in [0, 0.05) is 25.7 Å². The summed E-state index contributed by atoms with van der Waals surface area (Å²) in [6.45, 7) is 0. The Hall–Kier alpha value is -0.670. The molecule has 0 saturated heterocycles. The van der Waals surface area contributed by atoms with Crippen molar-refractivity contribution in [2.75, 3.05) is 14.2 Å². The Labute approximate surface area is 99.0 Å². The number of benzene rings is 1. The van der Waals surface area contributed by atoms with Crippen LogP contribution in [0.5, 0.6) is 0 Å². The van der Waals surface area contributed by atoms with Crippen LogP contribution >= 0.6 is 19.2 Å². The first-order valence-electron chi connectivity index (χ1n) is 4.51. The second-order valence-electron chi connectivity index (χ2n) is 3.06. The van der Waals surface area contributed by atoms with Gasteiger partial charge in [0.25, 0.3) is 0 Å². The standard InChI is InChI=1S/C10H12ClO4P/c1-14-16(13,15-2)10(12)7-8-4-3-5-9(11)6-8/h3-6H,7H2,1-2H3. The van der Waals surface area contributed by atoms with E-state index in [0.29, 0.717) is 10.6 Å². The third kappa shape index (κ3) is 3.16. The highest BCUT2D eigenvalue weighted by atomic mass is 35.5. The number of carbonyl (C=O) groups is 1. The molecule has 0 fully saturated rings. The smallest absolute Gasteiger partial charge is 0.307 e. The normalized spacial score (nSPS) is 11.4. The molecular formula is C10H12ClO4P. The van der Waals surface area contributed by atoms with E-state index in [1.807, 2.05) is 0 Å². The van der Waals surface area contributed by atoms with Crippen molar-refractivity contribution in [3.8, 4) is 0 Å². The molecule has 1 aromatic rings. The van der Waals surface area contributed by atoms with Crippen LogP contribution in [0.4, 0.5) is 0 Å². The summed E-state index contributed by atoms with van der Waals surface area (Å²) >= 11 is 5.77. The highest BCUT2D eigenvalue weighted by Gasteiger charge is 2.31. The quantitative estimate of drug-likeness (QED) is 0.766. The summed E-state index contributed by atoms with van der Waals surface area (Å²) in [7, 11) is -1.27. The predicted molar refractivity (Wildman–Crippen MR) is 61.8 cm³/mol. The van der Waals surface area contributed by atoms with Crippen molar-refractivity contribution >= 4 is 24.7 Å². The number of hydrogen-bond acceptors (Lipinski definition) is 4. The van der Waals surface area contributed by atoms with Crippen LogP contribution in [0.2, 0.25) is 5.02 Å². The number of hydrogen-bond donors (Lipinski definition) is 0. The fourth-order valence-corrected chi connectivity index (χ4v) is 2.34. The molecule has 0 aliphatic rings. The Bertz CT molecular complexity index is 425. The minimum Gasteiger partial charge on any atom is -0.307 e. The summed E-state index contributed by atoms with van der Waals surface area (Å²) < 4.78 is 20.9. The highest BCUT2D eigenvalue weighted by molar-refractivity contribution is 7.71. The molecular weight excluding hydrogens is 251 g/mol. The van der Waals surface area contributed by atoms with Crippen LogP contribution < -0.4 is 0 Å². The molecule has 0 aromatic heterocycles. The van der Waals surface area contributed by atoms with Gasteiger partial charge in [0.15, 0.2) is 0 Å². The van der Waals surface area contributed by atoms with E-state index in [4.69, 9.17) is 11.6 Å². The van der Waals surface area contributed by atoms with Crippen molar-refractivity contribution in [3.63, 3.8) is 0 Å². The molecule has 4 nitrogen and oxygen atoms in total. The van der Waals surface area contributed by atoms with Crippen molar-refractivity contribution in [1.82, 2.24) is 0 Å². The SMILES string of the molecule is COP(=O)(OC)C(=O)Cc1cccc(Cl)c1. The maximum Gasteiger partial charge on any atom is 0.396 e. The fourth-order valence-electron chi connectivity index (χ4n) is 1.20. The van der Waals surface area contributed by atoms with Gasteiger partial charge in [-0.2, -0.15) is 0 Å². The summed E-state index contributed by atoms with van der Waals surface area (Å²) in [6, 6.07) is 6.77. The van der Waals surface area contributed by atoms with Gasteiger partial charge in [0.1, 0.15) is 0 Å². The zero-order chi connectivity index (χ0) is 12.2. The summed E-state index contributed by atoms with van der Waals surface area (Å²) in [5, 5.41) is 0.523. The molecule has 0 unspecified atom stereocenters. The molecule has 0 atom stereocenters. The Morgan fingerprint density at radius 3 is 2.50 bits per heavy atom.